The standard InChI is InChI=1S/C20H28O5/c1-14-5-3-6-15(2)18-17(9-8-14)16(11-25-19(18)23)7-4-10-20(24,12-21)13-22/h4-5,7,10,17-18,21-22,24H,2-3,6,8-9,11-13H2,1H3/b10-4+,14-5+,16-7-/t17-,18+/m1/s1. The van der Waals surface area contributed by atoms with Crippen LogP contribution in [0.1, 0.15) is 32.6 Å². The van der Waals surface area contributed by atoms with E-state index in [1.54, 1.807) is 6.08 Å². The van der Waals surface area contributed by atoms with Crippen molar-refractivity contribution in [2.75, 3.05) is 19.8 Å². The zero-order valence-electron chi connectivity index (χ0n) is 14.8. The van der Waals surface area contributed by atoms with Crippen LogP contribution < -0.4 is 0 Å². The number of hydrogen-bond donors (Lipinski definition) is 3. The van der Waals surface area contributed by atoms with Gasteiger partial charge in [-0.25, -0.2) is 0 Å². The molecule has 2 atom stereocenters. The predicted molar refractivity (Wildman–Crippen MR) is 95.6 cm³/mol. The highest BCUT2D eigenvalue weighted by atomic mass is 16.5. The van der Waals surface area contributed by atoms with E-state index >= 15 is 0 Å². The molecule has 3 N–H and O–H groups in total. The molecule has 2 rings (SSSR count). The number of allylic oxidation sites excluding steroid dienone is 4. The van der Waals surface area contributed by atoms with E-state index in [2.05, 4.69) is 19.6 Å². The first-order chi connectivity index (χ1) is 11.9. The Balaban J connectivity index is 2.27. The van der Waals surface area contributed by atoms with Crippen LogP contribution in [0.3, 0.4) is 0 Å². The fourth-order valence-corrected chi connectivity index (χ4v) is 3.36. The number of rotatable bonds is 4. The summed E-state index contributed by atoms with van der Waals surface area (Å²) in [4.78, 5) is 12.3. The van der Waals surface area contributed by atoms with E-state index in [0.29, 0.717) is 0 Å². The maximum absolute atomic E-state index is 12.3. The Morgan fingerprint density at radius 1 is 1.36 bits per heavy atom. The number of hydrogen-bond acceptors (Lipinski definition) is 5. The Hall–Kier alpha value is -1.69. The van der Waals surface area contributed by atoms with Gasteiger partial charge in [0, 0.05) is 5.92 Å². The van der Waals surface area contributed by atoms with Crippen LogP contribution in [0.2, 0.25) is 0 Å². The lowest BCUT2D eigenvalue weighted by atomic mass is 9.76. The molecule has 0 radical (unpaired) electrons. The van der Waals surface area contributed by atoms with Crippen LogP contribution in [-0.4, -0.2) is 46.7 Å². The summed E-state index contributed by atoms with van der Waals surface area (Å²) in [5.41, 5.74) is 1.54. The minimum Gasteiger partial charge on any atom is -0.461 e. The van der Waals surface area contributed by atoms with Gasteiger partial charge in [0.05, 0.1) is 19.1 Å². The quantitative estimate of drug-likeness (QED) is 0.535. The molecule has 2 aliphatic rings. The first-order valence-corrected chi connectivity index (χ1v) is 8.72. The topological polar surface area (TPSA) is 87.0 Å². The van der Waals surface area contributed by atoms with Crippen LogP contribution in [0.25, 0.3) is 0 Å². The summed E-state index contributed by atoms with van der Waals surface area (Å²) in [5, 5.41) is 28.2. The Kier molecular flexibility index (Phi) is 6.76. The molecule has 138 valence electrons. The van der Waals surface area contributed by atoms with Crippen molar-refractivity contribution in [3.8, 4) is 0 Å². The average molecular weight is 348 g/mol. The maximum Gasteiger partial charge on any atom is 0.313 e. The van der Waals surface area contributed by atoms with E-state index in [0.717, 1.165) is 36.8 Å². The largest absolute Gasteiger partial charge is 0.461 e. The average Bonchev–Trinajstić information content (AvgIpc) is 2.67. The number of carbonyl (C=O) groups is 1. The van der Waals surface area contributed by atoms with Crippen molar-refractivity contribution in [1.82, 2.24) is 0 Å². The zero-order chi connectivity index (χ0) is 18.4. The molecule has 5 nitrogen and oxygen atoms in total. The van der Waals surface area contributed by atoms with Crippen molar-refractivity contribution in [2.45, 2.75) is 38.2 Å². The molecule has 1 heterocycles. The van der Waals surface area contributed by atoms with Gasteiger partial charge in [-0.05, 0) is 44.3 Å². The van der Waals surface area contributed by atoms with Crippen molar-refractivity contribution >= 4 is 5.97 Å². The van der Waals surface area contributed by atoms with Crippen molar-refractivity contribution in [3.63, 3.8) is 0 Å². The Morgan fingerprint density at radius 2 is 2.08 bits per heavy atom. The van der Waals surface area contributed by atoms with E-state index in [9.17, 15) is 9.90 Å². The van der Waals surface area contributed by atoms with E-state index < -0.39 is 18.8 Å². The highest BCUT2D eigenvalue weighted by molar-refractivity contribution is 5.78. The molecule has 5 heteroatoms. The second-order valence-electron chi connectivity index (χ2n) is 7.00. The number of aliphatic hydroxyl groups is 3. The first kappa shape index (κ1) is 19.6. The summed E-state index contributed by atoms with van der Waals surface area (Å²) in [5.74, 6) is -0.517. The van der Waals surface area contributed by atoms with Crippen LogP contribution in [-0.2, 0) is 9.53 Å². The van der Waals surface area contributed by atoms with Crippen LogP contribution >= 0.6 is 0 Å². The van der Waals surface area contributed by atoms with E-state index in [-0.39, 0.29) is 24.4 Å². The van der Waals surface area contributed by atoms with Gasteiger partial charge in [-0.3, -0.25) is 4.79 Å². The third kappa shape index (κ3) is 4.91. The van der Waals surface area contributed by atoms with Crippen LogP contribution in [0, 0.1) is 11.8 Å². The summed E-state index contributed by atoms with van der Waals surface area (Å²) in [6.07, 6.45) is 10.4. The summed E-state index contributed by atoms with van der Waals surface area (Å²) >= 11 is 0. The van der Waals surface area contributed by atoms with Gasteiger partial charge in [-0.1, -0.05) is 36.0 Å². The minimum absolute atomic E-state index is 0.0243. The lowest BCUT2D eigenvalue weighted by Crippen LogP contribution is -2.36. The van der Waals surface area contributed by atoms with Crippen LogP contribution in [0.4, 0.5) is 0 Å². The minimum atomic E-state index is -1.65. The number of carbonyl (C=O) groups excluding carboxylic acids is 1. The Morgan fingerprint density at radius 3 is 2.76 bits per heavy atom. The van der Waals surface area contributed by atoms with Gasteiger partial charge in [-0.2, -0.15) is 0 Å². The fourth-order valence-electron chi connectivity index (χ4n) is 3.36. The van der Waals surface area contributed by atoms with Gasteiger partial charge in [0.2, 0.25) is 0 Å². The zero-order valence-corrected chi connectivity index (χ0v) is 14.8. The summed E-state index contributed by atoms with van der Waals surface area (Å²) < 4.78 is 5.35. The summed E-state index contributed by atoms with van der Waals surface area (Å²) in [6.45, 7) is 5.31. The normalized spacial score (nSPS) is 29.4. The number of cyclic esters (lactones) is 1. The van der Waals surface area contributed by atoms with Crippen LogP contribution in [0.15, 0.2) is 47.6 Å². The van der Waals surface area contributed by atoms with Gasteiger partial charge in [0.1, 0.15) is 12.2 Å². The van der Waals surface area contributed by atoms with Gasteiger partial charge >= 0.3 is 5.97 Å². The molecule has 0 saturated carbocycles. The van der Waals surface area contributed by atoms with Crippen molar-refractivity contribution in [2.24, 2.45) is 11.8 Å². The fraction of sp³-hybridized carbons (Fsp3) is 0.550. The molecule has 1 aliphatic carbocycles. The predicted octanol–water partition coefficient (Wildman–Crippen LogP) is 2.05. The van der Waals surface area contributed by atoms with Gasteiger partial charge < -0.3 is 20.1 Å². The molecule has 1 aliphatic heterocycles. The van der Waals surface area contributed by atoms with E-state index in [4.69, 9.17) is 14.9 Å². The van der Waals surface area contributed by atoms with Crippen LogP contribution in [0.5, 0.6) is 0 Å². The SMILES string of the molecule is C=C1CC/C=C(\C)CC[C@@H]2/C(=C\C=C\C(O)(CO)CO)COC(=O)[C@@H]12. The number of ether oxygens (including phenoxy) is 1. The lowest BCUT2D eigenvalue weighted by molar-refractivity contribution is -0.151. The second kappa shape index (κ2) is 8.61. The molecule has 0 unspecified atom stereocenters. The third-order valence-corrected chi connectivity index (χ3v) is 5.03. The molecule has 0 aromatic heterocycles. The molecule has 25 heavy (non-hydrogen) atoms. The molecule has 0 amide bonds. The summed E-state index contributed by atoms with van der Waals surface area (Å²) in [7, 11) is 0. The lowest BCUT2D eigenvalue weighted by Gasteiger charge is -2.33. The summed E-state index contributed by atoms with van der Waals surface area (Å²) in [6, 6.07) is 0. The Bertz CT molecular complexity index is 595. The molecule has 0 aromatic carbocycles. The monoisotopic (exact) mass is 348 g/mol. The van der Waals surface area contributed by atoms with Crippen molar-refractivity contribution < 1.29 is 24.9 Å². The molecule has 0 aromatic rings. The highest BCUT2D eigenvalue weighted by Crippen LogP contribution is 2.38. The molecule has 0 spiro atoms. The molecule has 1 fully saturated rings. The molecule has 0 bridgehead atoms. The van der Waals surface area contributed by atoms with E-state index in [1.165, 1.54) is 11.6 Å². The van der Waals surface area contributed by atoms with Crippen molar-refractivity contribution in [1.29, 1.82) is 0 Å². The van der Waals surface area contributed by atoms with Gasteiger partial charge in [-0.15, -0.1) is 0 Å². The van der Waals surface area contributed by atoms with Gasteiger partial charge in [0.25, 0.3) is 0 Å². The third-order valence-electron chi connectivity index (χ3n) is 5.03. The maximum atomic E-state index is 12.3. The Labute approximate surface area is 149 Å². The molecule has 1 saturated heterocycles. The smallest absolute Gasteiger partial charge is 0.313 e. The number of fused-ring (bicyclic) bond motifs is 1. The van der Waals surface area contributed by atoms with E-state index in [1.807, 2.05) is 6.08 Å². The highest BCUT2D eigenvalue weighted by Gasteiger charge is 2.38. The first-order valence-electron chi connectivity index (χ1n) is 8.72. The molecular formula is C20H28O5. The number of aliphatic hydroxyl groups excluding tert-OH is 2. The molecular weight excluding hydrogens is 320 g/mol. The second-order valence-corrected chi connectivity index (χ2v) is 7.00. The number of esters is 1. The van der Waals surface area contributed by atoms with Gasteiger partial charge in [0.15, 0.2) is 0 Å². The van der Waals surface area contributed by atoms with Crippen molar-refractivity contribution in [3.05, 3.63) is 47.6 Å².